The summed E-state index contributed by atoms with van der Waals surface area (Å²) in [7, 11) is 0. The van der Waals surface area contributed by atoms with Crippen LogP contribution >= 0.6 is 23.4 Å². The average molecular weight is 461 g/mol. The Hall–Kier alpha value is -2.99. The van der Waals surface area contributed by atoms with E-state index in [0.29, 0.717) is 17.4 Å². The van der Waals surface area contributed by atoms with Gasteiger partial charge in [0.25, 0.3) is 5.69 Å². The summed E-state index contributed by atoms with van der Waals surface area (Å²) in [4.78, 5) is 41.9. The number of benzene rings is 2. The van der Waals surface area contributed by atoms with E-state index >= 15 is 0 Å². The summed E-state index contributed by atoms with van der Waals surface area (Å²) in [5.41, 5.74) is 6.68. The van der Waals surface area contributed by atoms with Crippen LogP contribution in [0.2, 0.25) is 5.02 Å². The van der Waals surface area contributed by atoms with Crippen LogP contribution in [0.15, 0.2) is 53.5 Å². The molecule has 0 bridgehead atoms. The van der Waals surface area contributed by atoms with Crippen LogP contribution in [-0.2, 0) is 9.59 Å². The summed E-state index contributed by atoms with van der Waals surface area (Å²) in [6.45, 7) is 0.466. The van der Waals surface area contributed by atoms with Crippen LogP contribution in [0.3, 0.4) is 0 Å². The fourth-order valence-electron chi connectivity index (χ4n) is 3.22. The Labute approximate surface area is 186 Å². The van der Waals surface area contributed by atoms with E-state index in [2.05, 4.69) is 21.2 Å². The summed E-state index contributed by atoms with van der Waals surface area (Å²) in [5, 5.41) is 13.9. The number of fused-ring (bicyclic) bond motifs is 1. The maximum Gasteiger partial charge on any atom is 0.271 e. The molecular formula is C19H17ClN6O4S. The van der Waals surface area contributed by atoms with E-state index in [9.17, 15) is 19.7 Å². The first-order valence-corrected chi connectivity index (χ1v) is 10.6. The molecule has 2 aromatic carbocycles. The predicted molar refractivity (Wildman–Crippen MR) is 119 cm³/mol. The van der Waals surface area contributed by atoms with Crippen molar-refractivity contribution in [2.45, 2.75) is 6.17 Å². The van der Waals surface area contributed by atoms with Gasteiger partial charge in [0.05, 0.1) is 33.0 Å². The van der Waals surface area contributed by atoms with Gasteiger partial charge >= 0.3 is 0 Å². The standard InChI is InChI=1S/C19H17ClN6O4S/c20-14-8-12(26(29)30)6-7-15(14)22-16(27)10-31-19-23-17-13(9-21-24-17)18(28)25(19)11-4-2-1-3-5-11/h1-8,13,17,21,24H,9-10H2,(H,22,27). The molecule has 1 fully saturated rings. The summed E-state index contributed by atoms with van der Waals surface area (Å²) in [6, 6.07) is 12.9. The molecule has 2 aromatic rings. The topological polar surface area (TPSA) is 129 Å². The van der Waals surface area contributed by atoms with Gasteiger partial charge in [0, 0.05) is 18.7 Å². The minimum absolute atomic E-state index is 0.0341. The lowest BCUT2D eigenvalue weighted by Gasteiger charge is -2.32. The monoisotopic (exact) mass is 460 g/mol. The molecule has 0 spiro atoms. The van der Waals surface area contributed by atoms with E-state index in [0.717, 1.165) is 11.8 Å². The molecule has 3 N–H and O–H groups in total. The first kappa shape index (κ1) is 21.2. The molecule has 0 saturated carbocycles. The molecule has 1 saturated heterocycles. The molecule has 31 heavy (non-hydrogen) atoms. The number of rotatable bonds is 5. The largest absolute Gasteiger partial charge is 0.324 e. The number of non-ortho nitro benzene ring substituents is 1. The van der Waals surface area contributed by atoms with Crippen LogP contribution in [0.5, 0.6) is 0 Å². The van der Waals surface area contributed by atoms with E-state index in [1.54, 1.807) is 12.1 Å². The van der Waals surface area contributed by atoms with Gasteiger partial charge in [0.1, 0.15) is 6.17 Å². The zero-order valence-corrected chi connectivity index (χ0v) is 17.5. The Bertz CT molecular complexity index is 1070. The van der Waals surface area contributed by atoms with Gasteiger partial charge in [-0.05, 0) is 18.2 Å². The SMILES string of the molecule is O=C(CSC1=NC2NNCC2C(=O)N1c1ccccc1)Nc1ccc([N+](=O)[O-])cc1Cl. The zero-order chi connectivity index (χ0) is 22.0. The van der Waals surface area contributed by atoms with Crippen LogP contribution in [0.1, 0.15) is 0 Å². The number of carbonyl (C=O) groups excluding carboxylic acids is 2. The minimum atomic E-state index is -0.567. The molecule has 4 rings (SSSR count). The fraction of sp³-hybridized carbons (Fsp3) is 0.211. The molecular weight excluding hydrogens is 444 g/mol. The molecule has 2 atom stereocenters. The van der Waals surface area contributed by atoms with Crippen molar-refractivity contribution in [3.05, 3.63) is 63.7 Å². The number of hydrogen-bond donors (Lipinski definition) is 3. The smallest absolute Gasteiger partial charge is 0.271 e. The molecule has 12 heteroatoms. The second kappa shape index (κ2) is 9.02. The van der Waals surface area contributed by atoms with E-state index < -0.39 is 11.1 Å². The first-order chi connectivity index (χ1) is 14.9. The average Bonchev–Trinajstić information content (AvgIpc) is 3.23. The highest BCUT2D eigenvalue weighted by atomic mass is 35.5. The molecule has 0 radical (unpaired) electrons. The van der Waals surface area contributed by atoms with Crippen molar-refractivity contribution < 1.29 is 14.5 Å². The van der Waals surface area contributed by atoms with Gasteiger partial charge < -0.3 is 5.32 Å². The highest BCUT2D eigenvalue weighted by Crippen LogP contribution is 2.30. The van der Waals surface area contributed by atoms with Gasteiger partial charge in [0.2, 0.25) is 11.8 Å². The first-order valence-electron chi connectivity index (χ1n) is 9.26. The molecule has 160 valence electrons. The summed E-state index contributed by atoms with van der Waals surface area (Å²) < 4.78 is 0. The minimum Gasteiger partial charge on any atom is -0.324 e. The number of nitro groups is 1. The van der Waals surface area contributed by atoms with E-state index in [-0.39, 0.29) is 39.9 Å². The number of nitrogens with zero attached hydrogens (tertiary/aromatic N) is 3. The number of nitrogens with one attached hydrogen (secondary N) is 3. The predicted octanol–water partition coefficient (Wildman–Crippen LogP) is 2.37. The Kier molecular flexibility index (Phi) is 6.18. The third-order valence-corrected chi connectivity index (χ3v) is 5.98. The van der Waals surface area contributed by atoms with Crippen LogP contribution in [0.25, 0.3) is 0 Å². The molecule has 0 aromatic heterocycles. The number of amides is 2. The van der Waals surface area contributed by atoms with Crippen molar-refractivity contribution in [1.29, 1.82) is 0 Å². The van der Waals surface area contributed by atoms with Crippen molar-refractivity contribution in [3.8, 4) is 0 Å². The van der Waals surface area contributed by atoms with E-state index in [1.165, 1.54) is 23.1 Å². The van der Waals surface area contributed by atoms with Crippen molar-refractivity contribution in [1.82, 2.24) is 10.9 Å². The van der Waals surface area contributed by atoms with Gasteiger partial charge in [-0.15, -0.1) is 0 Å². The maximum atomic E-state index is 13.1. The number of nitro benzene ring substituents is 1. The molecule has 2 heterocycles. The number of anilines is 2. The Morgan fingerprint density at radius 1 is 1.32 bits per heavy atom. The fourth-order valence-corrected chi connectivity index (χ4v) is 4.29. The van der Waals surface area contributed by atoms with Crippen molar-refractivity contribution in [2.75, 3.05) is 22.5 Å². The summed E-state index contributed by atoms with van der Waals surface area (Å²) in [5.74, 6) is -0.862. The molecule has 2 aliphatic heterocycles. The van der Waals surface area contributed by atoms with Crippen LogP contribution in [0, 0.1) is 16.0 Å². The lowest BCUT2D eigenvalue weighted by Crippen LogP contribution is -2.49. The molecule has 2 amide bonds. The lowest BCUT2D eigenvalue weighted by atomic mass is 10.1. The van der Waals surface area contributed by atoms with Gasteiger partial charge in [-0.3, -0.25) is 30.0 Å². The maximum absolute atomic E-state index is 13.1. The van der Waals surface area contributed by atoms with E-state index in [1.807, 2.05) is 18.2 Å². The Balaban J connectivity index is 1.48. The Morgan fingerprint density at radius 3 is 2.81 bits per heavy atom. The van der Waals surface area contributed by atoms with Gasteiger partial charge in [-0.1, -0.05) is 41.6 Å². The number of halogens is 1. The third kappa shape index (κ3) is 4.54. The van der Waals surface area contributed by atoms with Gasteiger partial charge in [0.15, 0.2) is 5.17 Å². The highest BCUT2D eigenvalue weighted by molar-refractivity contribution is 8.14. The summed E-state index contributed by atoms with van der Waals surface area (Å²) in [6.07, 6.45) is -0.401. The molecule has 2 unspecified atom stereocenters. The number of amidine groups is 1. The molecule has 10 nitrogen and oxygen atoms in total. The number of para-hydroxylation sites is 1. The second-order valence-electron chi connectivity index (χ2n) is 6.76. The normalized spacial score (nSPS) is 20.2. The quantitative estimate of drug-likeness (QED) is 0.461. The highest BCUT2D eigenvalue weighted by Gasteiger charge is 2.42. The molecule has 2 aliphatic rings. The number of aliphatic imine (C=N–C) groups is 1. The van der Waals surface area contributed by atoms with Crippen LogP contribution in [0.4, 0.5) is 17.1 Å². The number of hydrogen-bond acceptors (Lipinski definition) is 8. The van der Waals surface area contributed by atoms with E-state index in [4.69, 9.17) is 11.6 Å². The lowest BCUT2D eigenvalue weighted by molar-refractivity contribution is -0.384. The number of thioether (sulfide) groups is 1. The van der Waals surface area contributed by atoms with Crippen LogP contribution < -0.4 is 21.1 Å². The number of hydrazine groups is 1. The Morgan fingerprint density at radius 2 is 2.10 bits per heavy atom. The second-order valence-corrected chi connectivity index (χ2v) is 8.11. The zero-order valence-electron chi connectivity index (χ0n) is 15.9. The van der Waals surface area contributed by atoms with Gasteiger partial charge in [-0.25, -0.2) is 10.4 Å². The van der Waals surface area contributed by atoms with Crippen molar-refractivity contribution in [3.63, 3.8) is 0 Å². The van der Waals surface area contributed by atoms with Crippen LogP contribution in [-0.4, -0.2) is 40.4 Å². The van der Waals surface area contributed by atoms with Gasteiger partial charge in [-0.2, -0.15) is 0 Å². The van der Waals surface area contributed by atoms with Crippen molar-refractivity contribution in [2.24, 2.45) is 10.9 Å². The summed E-state index contributed by atoms with van der Waals surface area (Å²) >= 11 is 7.15. The number of carbonyl (C=O) groups is 2. The molecule has 0 aliphatic carbocycles. The third-order valence-electron chi connectivity index (χ3n) is 4.72. The van der Waals surface area contributed by atoms with Crippen molar-refractivity contribution >= 4 is 57.4 Å².